The van der Waals surface area contributed by atoms with Crippen molar-refractivity contribution in [2.24, 2.45) is 0 Å². The number of hydrogen-bond donors (Lipinski definition) is 0. The summed E-state index contributed by atoms with van der Waals surface area (Å²) in [5.74, 6) is 2.17. The van der Waals surface area contributed by atoms with Gasteiger partial charge in [-0.3, -0.25) is 0 Å². The summed E-state index contributed by atoms with van der Waals surface area (Å²) >= 11 is 0. The first-order valence-corrected chi connectivity index (χ1v) is 9.97. The van der Waals surface area contributed by atoms with Crippen molar-refractivity contribution in [1.29, 1.82) is 0 Å². The first-order chi connectivity index (χ1) is 14.1. The molecule has 0 amide bonds. The maximum Gasteiger partial charge on any atom is 0.168 e. The molecular weight excluding hydrogens is 366 g/mol. The molecule has 7 nitrogen and oxygen atoms in total. The minimum absolute atomic E-state index is 0.609. The molecule has 29 heavy (non-hydrogen) atoms. The molecule has 0 aliphatic heterocycles. The standard InChI is InChI=1S/C22H27N5O2/c1-6-7-10-26-15(3)14(2)20-21(26)23-13-27-22(20)24-19(25-27)12-16-8-9-17(28-4)18(11-16)29-5/h8-9,11,13H,6-7,10,12H2,1-5H3. The number of aromatic nitrogens is 5. The summed E-state index contributed by atoms with van der Waals surface area (Å²) in [6.45, 7) is 7.48. The molecule has 0 saturated heterocycles. The fourth-order valence-electron chi connectivity index (χ4n) is 3.81. The molecule has 0 aliphatic rings. The molecule has 0 aliphatic carbocycles. The van der Waals surface area contributed by atoms with E-state index in [1.54, 1.807) is 25.1 Å². The first-order valence-electron chi connectivity index (χ1n) is 9.97. The van der Waals surface area contributed by atoms with Crippen LogP contribution in [0.5, 0.6) is 11.5 Å². The van der Waals surface area contributed by atoms with Gasteiger partial charge in [0.1, 0.15) is 12.0 Å². The summed E-state index contributed by atoms with van der Waals surface area (Å²) in [6, 6.07) is 5.89. The smallest absolute Gasteiger partial charge is 0.168 e. The van der Waals surface area contributed by atoms with E-state index in [1.807, 2.05) is 18.2 Å². The van der Waals surface area contributed by atoms with Gasteiger partial charge in [-0.05, 0) is 43.5 Å². The highest BCUT2D eigenvalue weighted by Crippen LogP contribution is 2.29. The number of rotatable bonds is 7. The molecule has 0 spiro atoms. The van der Waals surface area contributed by atoms with Gasteiger partial charge in [0, 0.05) is 18.7 Å². The fourth-order valence-corrected chi connectivity index (χ4v) is 3.81. The molecule has 0 atom stereocenters. The number of hydrogen-bond acceptors (Lipinski definition) is 5. The van der Waals surface area contributed by atoms with Crippen LogP contribution in [-0.4, -0.2) is 38.4 Å². The van der Waals surface area contributed by atoms with E-state index in [1.165, 1.54) is 11.3 Å². The highest BCUT2D eigenvalue weighted by molar-refractivity contribution is 5.93. The van der Waals surface area contributed by atoms with E-state index in [0.717, 1.165) is 47.5 Å². The molecule has 1 aromatic carbocycles. The van der Waals surface area contributed by atoms with E-state index in [4.69, 9.17) is 19.4 Å². The molecule has 7 heteroatoms. The van der Waals surface area contributed by atoms with Crippen molar-refractivity contribution in [1.82, 2.24) is 24.1 Å². The third kappa shape index (κ3) is 3.30. The molecule has 4 aromatic rings. The fraction of sp³-hybridized carbons (Fsp3) is 0.409. The lowest BCUT2D eigenvalue weighted by molar-refractivity contribution is 0.354. The molecule has 0 saturated carbocycles. The minimum Gasteiger partial charge on any atom is -0.493 e. The molecule has 4 rings (SSSR count). The van der Waals surface area contributed by atoms with Crippen molar-refractivity contribution in [2.75, 3.05) is 14.2 Å². The van der Waals surface area contributed by atoms with Crippen LogP contribution in [-0.2, 0) is 13.0 Å². The van der Waals surface area contributed by atoms with Crippen LogP contribution in [0.25, 0.3) is 16.7 Å². The highest BCUT2D eigenvalue weighted by atomic mass is 16.5. The average molecular weight is 393 g/mol. The lowest BCUT2D eigenvalue weighted by atomic mass is 10.1. The van der Waals surface area contributed by atoms with E-state index >= 15 is 0 Å². The van der Waals surface area contributed by atoms with Crippen molar-refractivity contribution >= 4 is 16.7 Å². The Bertz CT molecular complexity index is 1180. The Labute approximate surface area is 170 Å². The van der Waals surface area contributed by atoms with E-state index < -0.39 is 0 Å². The Balaban J connectivity index is 1.75. The van der Waals surface area contributed by atoms with Gasteiger partial charge in [0.05, 0.1) is 19.6 Å². The van der Waals surface area contributed by atoms with Crippen LogP contribution in [0.15, 0.2) is 24.5 Å². The van der Waals surface area contributed by atoms with Gasteiger partial charge >= 0.3 is 0 Å². The number of benzene rings is 1. The van der Waals surface area contributed by atoms with Crippen LogP contribution in [0.3, 0.4) is 0 Å². The highest BCUT2D eigenvalue weighted by Gasteiger charge is 2.18. The summed E-state index contributed by atoms with van der Waals surface area (Å²) in [4.78, 5) is 9.56. The second-order valence-electron chi connectivity index (χ2n) is 7.32. The number of aryl methyl sites for hydroxylation is 2. The van der Waals surface area contributed by atoms with Crippen LogP contribution in [0, 0.1) is 13.8 Å². The number of unbranched alkanes of at least 4 members (excludes halogenated alkanes) is 1. The van der Waals surface area contributed by atoms with Gasteiger partial charge in [-0.25, -0.2) is 14.5 Å². The Morgan fingerprint density at radius 2 is 1.83 bits per heavy atom. The normalized spacial score (nSPS) is 11.5. The van der Waals surface area contributed by atoms with Crippen LogP contribution in [0.1, 0.15) is 42.4 Å². The summed E-state index contributed by atoms with van der Waals surface area (Å²) in [5, 5.41) is 5.75. The summed E-state index contributed by atoms with van der Waals surface area (Å²) in [6.07, 6.45) is 4.66. The molecule has 0 fully saturated rings. The predicted octanol–water partition coefficient (Wildman–Crippen LogP) is 4.10. The van der Waals surface area contributed by atoms with Crippen molar-refractivity contribution in [2.45, 2.75) is 46.6 Å². The SMILES string of the molecule is CCCCn1c(C)c(C)c2c1ncn1nc(Cc3ccc(OC)c(OC)c3)nc21. The number of fused-ring (bicyclic) bond motifs is 3. The molecule has 152 valence electrons. The largest absolute Gasteiger partial charge is 0.493 e. The maximum atomic E-state index is 5.41. The Hall–Kier alpha value is -3.09. The zero-order chi connectivity index (χ0) is 20.5. The third-order valence-corrected chi connectivity index (χ3v) is 5.54. The van der Waals surface area contributed by atoms with Gasteiger partial charge in [0.25, 0.3) is 0 Å². The molecule has 0 N–H and O–H groups in total. The summed E-state index contributed by atoms with van der Waals surface area (Å²) in [7, 11) is 3.28. The quantitative estimate of drug-likeness (QED) is 0.473. The number of methoxy groups -OCH3 is 2. The minimum atomic E-state index is 0.609. The Kier molecular flexibility index (Phi) is 5.13. The molecule has 0 unspecified atom stereocenters. The average Bonchev–Trinajstić information content (AvgIpc) is 3.24. The summed E-state index contributed by atoms with van der Waals surface area (Å²) in [5.41, 5.74) is 5.39. The van der Waals surface area contributed by atoms with E-state index in [-0.39, 0.29) is 0 Å². The van der Waals surface area contributed by atoms with Gasteiger partial charge in [-0.2, -0.15) is 0 Å². The second kappa shape index (κ2) is 7.73. The zero-order valence-corrected chi connectivity index (χ0v) is 17.7. The molecule has 3 aromatic heterocycles. The topological polar surface area (TPSA) is 66.5 Å². The van der Waals surface area contributed by atoms with Gasteiger partial charge < -0.3 is 14.0 Å². The van der Waals surface area contributed by atoms with Crippen molar-refractivity contribution < 1.29 is 9.47 Å². The van der Waals surface area contributed by atoms with Gasteiger partial charge in [0.2, 0.25) is 0 Å². The first kappa shape index (κ1) is 19.2. The third-order valence-electron chi connectivity index (χ3n) is 5.54. The van der Waals surface area contributed by atoms with Crippen LogP contribution in [0.4, 0.5) is 0 Å². The van der Waals surface area contributed by atoms with Crippen LogP contribution < -0.4 is 9.47 Å². The van der Waals surface area contributed by atoms with Crippen molar-refractivity contribution in [3.63, 3.8) is 0 Å². The zero-order valence-electron chi connectivity index (χ0n) is 17.7. The summed E-state index contributed by atoms with van der Waals surface area (Å²) < 4.78 is 14.8. The van der Waals surface area contributed by atoms with Crippen LogP contribution in [0.2, 0.25) is 0 Å². The van der Waals surface area contributed by atoms with Crippen LogP contribution >= 0.6 is 0 Å². The number of nitrogens with zero attached hydrogens (tertiary/aromatic N) is 5. The predicted molar refractivity (Wildman–Crippen MR) is 113 cm³/mol. The lowest BCUT2D eigenvalue weighted by Gasteiger charge is -2.08. The molecule has 0 bridgehead atoms. The van der Waals surface area contributed by atoms with Crippen molar-refractivity contribution in [3.05, 3.63) is 47.2 Å². The molecular formula is C22H27N5O2. The second-order valence-corrected chi connectivity index (χ2v) is 7.32. The van der Waals surface area contributed by atoms with E-state index in [2.05, 4.69) is 30.4 Å². The van der Waals surface area contributed by atoms with Crippen molar-refractivity contribution in [3.8, 4) is 11.5 Å². The maximum absolute atomic E-state index is 5.41. The van der Waals surface area contributed by atoms with Gasteiger partial charge in [0.15, 0.2) is 23.0 Å². The van der Waals surface area contributed by atoms with Gasteiger partial charge in [-0.1, -0.05) is 19.4 Å². The Morgan fingerprint density at radius 3 is 2.55 bits per heavy atom. The molecule has 0 radical (unpaired) electrons. The number of ether oxygens (including phenoxy) is 2. The van der Waals surface area contributed by atoms with E-state index in [9.17, 15) is 0 Å². The monoisotopic (exact) mass is 393 g/mol. The van der Waals surface area contributed by atoms with E-state index in [0.29, 0.717) is 17.9 Å². The lowest BCUT2D eigenvalue weighted by Crippen LogP contribution is -2.02. The molecule has 3 heterocycles. The van der Waals surface area contributed by atoms with Gasteiger partial charge in [-0.15, -0.1) is 5.10 Å². The Morgan fingerprint density at radius 1 is 1.03 bits per heavy atom.